The number of hydrogen-bond acceptors (Lipinski definition) is 6. The van der Waals surface area contributed by atoms with E-state index < -0.39 is 23.2 Å². The third-order valence-electron chi connectivity index (χ3n) is 8.68. The van der Waals surface area contributed by atoms with Crippen molar-refractivity contribution < 1.29 is 14.5 Å². The molecule has 0 aromatic heterocycles. The average Bonchev–Trinajstić information content (AvgIpc) is 3.73. The van der Waals surface area contributed by atoms with Crippen molar-refractivity contribution in [3.8, 4) is 0 Å². The SMILES string of the molecule is O=C1ON=C(c2ccccc2)[C@]12/C(=C\c1ccccc1)[C@]1(c3ccccc3)ON=C(c3ccccc3)N1[C@@H]2c1ccccc1. The summed E-state index contributed by atoms with van der Waals surface area (Å²) < 4.78 is 0. The number of rotatable bonds is 5. The molecule has 8 rings (SSSR count). The van der Waals surface area contributed by atoms with Crippen LogP contribution < -0.4 is 0 Å². The minimum atomic E-state index is -1.40. The Hall–Kier alpha value is -5.75. The molecule has 1 saturated heterocycles. The Labute approximate surface area is 255 Å². The maximum Gasteiger partial charge on any atom is 0.354 e. The van der Waals surface area contributed by atoms with E-state index in [4.69, 9.17) is 14.8 Å². The smallest absolute Gasteiger partial charge is 0.354 e. The van der Waals surface area contributed by atoms with Gasteiger partial charge in [-0.2, -0.15) is 0 Å². The van der Waals surface area contributed by atoms with E-state index in [1.807, 2.05) is 152 Å². The van der Waals surface area contributed by atoms with Crippen LogP contribution in [0.4, 0.5) is 0 Å². The second kappa shape index (κ2) is 10.2. The topological polar surface area (TPSA) is 63.5 Å². The molecular formula is C38H27N3O3. The second-order valence-electron chi connectivity index (χ2n) is 11.0. The molecule has 3 atom stereocenters. The van der Waals surface area contributed by atoms with Gasteiger partial charge < -0.3 is 9.68 Å². The van der Waals surface area contributed by atoms with Crippen LogP contribution in [0.3, 0.4) is 0 Å². The van der Waals surface area contributed by atoms with Crippen molar-refractivity contribution in [3.05, 3.63) is 185 Å². The van der Waals surface area contributed by atoms with Gasteiger partial charge in [-0.1, -0.05) is 162 Å². The van der Waals surface area contributed by atoms with Gasteiger partial charge in [-0.15, -0.1) is 0 Å². The molecule has 44 heavy (non-hydrogen) atoms. The zero-order chi connectivity index (χ0) is 29.6. The van der Waals surface area contributed by atoms with Crippen molar-refractivity contribution in [2.75, 3.05) is 0 Å². The van der Waals surface area contributed by atoms with Crippen LogP contribution in [0.1, 0.15) is 33.9 Å². The highest BCUT2D eigenvalue weighted by atomic mass is 16.7. The highest BCUT2D eigenvalue weighted by Crippen LogP contribution is 2.67. The molecule has 3 heterocycles. The summed E-state index contributed by atoms with van der Waals surface area (Å²) in [6.45, 7) is 0. The highest BCUT2D eigenvalue weighted by molar-refractivity contribution is 6.23. The Kier molecular flexibility index (Phi) is 6.01. The molecule has 3 aliphatic heterocycles. The number of hydrogen-bond donors (Lipinski definition) is 0. The summed E-state index contributed by atoms with van der Waals surface area (Å²) in [6.07, 6.45) is 2.05. The average molecular weight is 574 g/mol. The predicted octanol–water partition coefficient (Wildman–Crippen LogP) is 7.32. The zero-order valence-corrected chi connectivity index (χ0v) is 23.7. The standard InChI is InChI=1S/C38H27N3O3/c42-36-37(33(39-43-36)28-18-8-2-9-19-28)32(26-27-16-6-1-7-17-27)38(31-24-14-5-15-25-31)41(34(37)29-20-10-3-11-21-29)35(40-44-38)30-22-12-4-13-23-30/h1-26,34H/b32-26+/t34-,37+,38+/m1/s1. The van der Waals surface area contributed by atoms with Gasteiger partial charge in [0.1, 0.15) is 5.71 Å². The molecule has 5 aromatic rings. The molecule has 0 saturated carbocycles. The first kappa shape index (κ1) is 25.9. The minimum Gasteiger partial charge on any atom is -0.355 e. The number of fused-ring (bicyclic) bond motifs is 1. The lowest BCUT2D eigenvalue weighted by Gasteiger charge is -2.35. The van der Waals surface area contributed by atoms with Gasteiger partial charge in [-0.05, 0) is 17.2 Å². The van der Waals surface area contributed by atoms with E-state index >= 15 is 0 Å². The van der Waals surface area contributed by atoms with Gasteiger partial charge in [0.25, 0.3) is 5.72 Å². The fourth-order valence-corrected chi connectivity index (χ4v) is 6.87. The summed E-state index contributed by atoms with van der Waals surface area (Å²) in [4.78, 5) is 29.4. The number of oxime groups is 2. The maximum atomic E-state index is 14.7. The fourth-order valence-electron chi connectivity index (χ4n) is 6.87. The van der Waals surface area contributed by atoms with Crippen LogP contribution in [-0.4, -0.2) is 22.4 Å². The Bertz CT molecular complexity index is 1930. The van der Waals surface area contributed by atoms with Gasteiger partial charge >= 0.3 is 5.97 Å². The molecule has 0 bridgehead atoms. The molecule has 212 valence electrons. The lowest BCUT2D eigenvalue weighted by atomic mass is 9.66. The Balaban J connectivity index is 1.53. The van der Waals surface area contributed by atoms with Crippen LogP contribution in [0.5, 0.6) is 0 Å². The summed E-state index contributed by atoms with van der Waals surface area (Å²) in [5, 5.41) is 9.34. The predicted molar refractivity (Wildman–Crippen MR) is 169 cm³/mol. The number of nitrogens with zero attached hydrogens (tertiary/aromatic N) is 3. The van der Waals surface area contributed by atoms with E-state index in [0.717, 1.165) is 27.8 Å². The van der Waals surface area contributed by atoms with Gasteiger partial charge in [-0.3, -0.25) is 4.90 Å². The second-order valence-corrected chi connectivity index (χ2v) is 11.0. The molecule has 0 aliphatic carbocycles. The van der Waals surface area contributed by atoms with Gasteiger partial charge in [0, 0.05) is 22.3 Å². The van der Waals surface area contributed by atoms with Gasteiger partial charge in [0.15, 0.2) is 11.3 Å². The molecule has 1 spiro atoms. The van der Waals surface area contributed by atoms with E-state index in [-0.39, 0.29) is 0 Å². The quantitative estimate of drug-likeness (QED) is 0.207. The van der Waals surface area contributed by atoms with Crippen LogP contribution in [0.25, 0.3) is 6.08 Å². The molecule has 1 fully saturated rings. The van der Waals surface area contributed by atoms with E-state index in [1.165, 1.54) is 0 Å². The maximum absolute atomic E-state index is 14.7. The lowest BCUT2D eigenvalue weighted by molar-refractivity contribution is -0.147. The third-order valence-corrected chi connectivity index (χ3v) is 8.68. The van der Waals surface area contributed by atoms with Crippen LogP contribution in [0, 0.1) is 5.41 Å². The summed E-state index contributed by atoms with van der Waals surface area (Å²) in [5.41, 5.74) is 2.81. The molecule has 0 amide bonds. The molecule has 0 N–H and O–H groups in total. The lowest BCUT2D eigenvalue weighted by Crippen LogP contribution is -2.45. The van der Waals surface area contributed by atoms with Crippen LogP contribution in [0.15, 0.2) is 168 Å². The zero-order valence-electron chi connectivity index (χ0n) is 23.7. The molecule has 6 nitrogen and oxygen atoms in total. The first-order valence-electron chi connectivity index (χ1n) is 14.6. The molecular weight excluding hydrogens is 546 g/mol. The fraction of sp³-hybridized carbons (Fsp3) is 0.0789. The summed E-state index contributed by atoms with van der Waals surface area (Å²) in [7, 11) is 0. The van der Waals surface area contributed by atoms with Crippen LogP contribution >= 0.6 is 0 Å². The highest BCUT2D eigenvalue weighted by Gasteiger charge is 2.76. The van der Waals surface area contributed by atoms with Crippen molar-refractivity contribution in [2.45, 2.75) is 11.8 Å². The monoisotopic (exact) mass is 573 g/mol. The summed E-state index contributed by atoms with van der Waals surface area (Å²) in [5.74, 6) is 0.152. The normalized spacial score (nSPS) is 24.5. The Morgan fingerprint density at radius 3 is 1.82 bits per heavy atom. The van der Waals surface area contributed by atoms with E-state index in [1.54, 1.807) is 0 Å². The number of carbonyl (C=O) groups excluding carboxylic acids is 1. The number of amidine groups is 1. The summed E-state index contributed by atoms with van der Waals surface area (Å²) in [6, 6.07) is 49.1. The molecule has 0 unspecified atom stereocenters. The van der Waals surface area contributed by atoms with Gasteiger partial charge in [0.2, 0.25) is 0 Å². The van der Waals surface area contributed by atoms with Crippen molar-refractivity contribution in [1.82, 2.24) is 4.90 Å². The van der Waals surface area contributed by atoms with Crippen molar-refractivity contribution >= 4 is 23.6 Å². The number of benzene rings is 5. The largest absolute Gasteiger partial charge is 0.355 e. The van der Waals surface area contributed by atoms with Crippen LogP contribution in [0.2, 0.25) is 0 Å². The molecule has 0 radical (unpaired) electrons. The first-order chi connectivity index (χ1) is 21.7. The Morgan fingerprint density at radius 2 is 1.18 bits per heavy atom. The van der Waals surface area contributed by atoms with Crippen LogP contribution in [-0.2, 0) is 20.2 Å². The molecule has 3 aliphatic rings. The van der Waals surface area contributed by atoms with E-state index in [2.05, 4.69) is 16.1 Å². The first-order valence-corrected chi connectivity index (χ1v) is 14.6. The minimum absolute atomic E-state index is 0.465. The van der Waals surface area contributed by atoms with Crippen molar-refractivity contribution in [1.29, 1.82) is 0 Å². The summed E-state index contributed by atoms with van der Waals surface area (Å²) >= 11 is 0. The Morgan fingerprint density at radius 1 is 0.636 bits per heavy atom. The van der Waals surface area contributed by atoms with Crippen molar-refractivity contribution in [3.63, 3.8) is 0 Å². The van der Waals surface area contributed by atoms with Gasteiger partial charge in [-0.25, -0.2) is 4.79 Å². The number of carbonyl (C=O) groups is 1. The van der Waals surface area contributed by atoms with Gasteiger partial charge in [0.05, 0.1) is 6.04 Å². The van der Waals surface area contributed by atoms with E-state index in [0.29, 0.717) is 17.1 Å². The molecule has 5 aromatic carbocycles. The van der Waals surface area contributed by atoms with E-state index in [9.17, 15) is 4.79 Å². The third kappa shape index (κ3) is 3.64. The van der Waals surface area contributed by atoms with Crippen molar-refractivity contribution in [2.24, 2.45) is 15.7 Å². The molecule has 6 heteroatoms.